The van der Waals surface area contributed by atoms with Crippen LogP contribution in [0.25, 0.3) is 0 Å². The van der Waals surface area contributed by atoms with E-state index in [1.807, 2.05) is 6.08 Å². The van der Waals surface area contributed by atoms with Crippen LogP contribution in [0.15, 0.2) is 12.7 Å². The molecule has 84 valence electrons. The van der Waals surface area contributed by atoms with Gasteiger partial charge in [0, 0.05) is 20.2 Å². The minimum atomic E-state index is 0.796. The summed E-state index contributed by atoms with van der Waals surface area (Å²) in [7, 11) is 1.74. The van der Waals surface area contributed by atoms with Gasteiger partial charge < -0.3 is 10.5 Å². The first-order chi connectivity index (χ1) is 6.85. The summed E-state index contributed by atoms with van der Waals surface area (Å²) < 4.78 is 5.05. The van der Waals surface area contributed by atoms with E-state index in [1.165, 1.54) is 12.8 Å². The zero-order valence-electron chi connectivity index (χ0n) is 9.37. The summed E-state index contributed by atoms with van der Waals surface area (Å²) in [4.78, 5) is 2.35. The van der Waals surface area contributed by atoms with Crippen LogP contribution in [0.2, 0.25) is 0 Å². The highest BCUT2D eigenvalue weighted by atomic mass is 16.5. The molecule has 0 bridgehead atoms. The van der Waals surface area contributed by atoms with Crippen LogP contribution in [0.1, 0.15) is 19.3 Å². The largest absolute Gasteiger partial charge is 0.383 e. The summed E-state index contributed by atoms with van der Waals surface area (Å²) in [5.41, 5.74) is 5.43. The molecule has 0 amide bonds. The van der Waals surface area contributed by atoms with E-state index in [-0.39, 0.29) is 0 Å². The van der Waals surface area contributed by atoms with Gasteiger partial charge in [0.15, 0.2) is 0 Å². The van der Waals surface area contributed by atoms with Crippen molar-refractivity contribution in [3.63, 3.8) is 0 Å². The maximum Gasteiger partial charge on any atom is 0.0589 e. The summed E-state index contributed by atoms with van der Waals surface area (Å²) >= 11 is 0. The molecule has 0 saturated heterocycles. The van der Waals surface area contributed by atoms with Crippen molar-refractivity contribution in [2.75, 3.05) is 39.9 Å². The van der Waals surface area contributed by atoms with Gasteiger partial charge in [0.05, 0.1) is 6.61 Å². The molecule has 0 rings (SSSR count). The molecular formula is C11H24N2O. The van der Waals surface area contributed by atoms with E-state index >= 15 is 0 Å². The Balaban J connectivity index is 3.45. The van der Waals surface area contributed by atoms with Crippen molar-refractivity contribution in [2.45, 2.75) is 19.3 Å². The van der Waals surface area contributed by atoms with Gasteiger partial charge in [-0.05, 0) is 25.9 Å². The van der Waals surface area contributed by atoms with Crippen molar-refractivity contribution in [1.82, 2.24) is 4.90 Å². The van der Waals surface area contributed by atoms with Crippen LogP contribution >= 0.6 is 0 Å². The lowest BCUT2D eigenvalue weighted by Crippen LogP contribution is -2.28. The fourth-order valence-electron chi connectivity index (χ4n) is 1.35. The van der Waals surface area contributed by atoms with Crippen LogP contribution < -0.4 is 5.73 Å². The van der Waals surface area contributed by atoms with E-state index in [0.717, 1.165) is 39.2 Å². The normalized spacial score (nSPS) is 10.8. The lowest BCUT2D eigenvalue weighted by atomic mass is 10.2. The van der Waals surface area contributed by atoms with Gasteiger partial charge in [0.25, 0.3) is 0 Å². The number of rotatable bonds is 10. The van der Waals surface area contributed by atoms with Crippen molar-refractivity contribution >= 4 is 0 Å². The molecule has 0 aliphatic carbocycles. The second kappa shape index (κ2) is 10.7. The van der Waals surface area contributed by atoms with Crippen LogP contribution in [0, 0.1) is 0 Å². The number of ether oxygens (including phenoxy) is 1. The van der Waals surface area contributed by atoms with E-state index in [9.17, 15) is 0 Å². The number of nitrogens with zero attached hydrogens (tertiary/aromatic N) is 1. The zero-order valence-corrected chi connectivity index (χ0v) is 9.37. The quantitative estimate of drug-likeness (QED) is 0.426. The highest BCUT2D eigenvalue weighted by Crippen LogP contribution is 1.98. The van der Waals surface area contributed by atoms with Gasteiger partial charge in [-0.15, -0.1) is 6.58 Å². The van der Waals surface area contributed by atoms with Crippen molar-refractivity contribution < 1.29 is 4.74 Å². The Morgan fingerprint density at radius 3 is 2.64 bits per heavy atom. The topological polar surface area (TPSA) is 38.5 Å². The Morgan fingerprint density at radius 2 is 2.07 bits per heavy atom. The fraction of sp³-hybridized carbons (Fsp3) is 0.818. The third kappa shape index (κ3) is 8.23. The molecule has 14 heavy (non-hydrogen) atoms. The highest BCUT2D eigenvalue weighted by molar-refractivity contribution is 4.73. The first-order valence-electron chi connectivity index (χ1n) is 5.37. The first-order valence-corrected chi connectivity index (χ1v) is 5.37. The van der Waals surface area contributed by atoms with Crippen LogP contribution in [-0.4, -0.2) is 44.8 Å². The molecule has 0 aromatic carbocycles. The monoisotopic (exact) mass is 200 g/mol. The van der Waals surface area contributed by atoms with Gasteiger partial charge in [-0.25, -0.2) is 0 Å². The molecule has 2 N–H and O–H groups in total. The van der Waals surface area contributed by atoms with Crippen molar-refractivity contribution in [2.24, 2.45) is 5.73 Å². The number of hydrogen-bond donors (Lipinski definition) is 1. The fourth-order valence-corrected chi connectivity index (χ4v) is 1.35. The minimum Gasteiger partial charge on any atom is -0.383 e. The maximum absolute atomic E-state index is 5.43. The van der Waals surface area contributed by atoms with E-state index in [1.54, 1.807) is 7.11 Å². The number of nitrogens with two attached hydrogens (primary N) is 1. The summed E-state index contributed by atoms with van der Waals surface area (Å²) in [5.74, 6) is 0. The molecule has 0 radical (unpaired) electrons. The molecule has 3 heteroatoms. The highest BCUT2D eigenvalue weighted by Gasteiger charge is 2.01. The average Bonchev–Trinajstić information content (AvgIpc) is 2.20. The number of unbranched alkanes of at least 4 members (excludes halogenated alkanes) is 2. The molecule has 0 aliphatic rings. The Bertz CT molecular complexity index is 128. The summed E-state index contributed by atoms with van der Waals surface area (Å²) in [6.07, 6.45) is 5.51. The van der Waals surface area contributed by atoms with Crippen molar-refractivity contribution in [1.29, 1.82) is 0 Å². The molecule has 0 aliphatic heterocycles. The molecule has 0 atom stereocenters. The SMILES string of the molecule is C=CCN(CCCCCN)CCOC. The number of methoxy groups -OCH3 is 1. The van der Waals surface area contributed by atoms with E-state index in [2.05, 4.69) is 11.5 Å². The number of hydrogen-bond acceptors (Lipinski definition) is 3. The Hall–Kier alpha value is -0.380. The Morgan fingerprint density at radius 1 is 1.29 bits per heavy atom. The van der Waals surface area contributed by atoms with Gasteiger partial charge in [-0.2, -0.15) is 0 Å². The first kappa shape index (κ1) is 13.6. The Labute approximate surface area is 87.9 Å². The van der Waals surface area contributed by atoms with Crippen LogP contribution in [0.4, 0.5) is 0 Å². The smallest absolute Gasteiger partial charge is 0.0589 e. The molecule has 0 fully saturated rings. The van der Waals surface area contributed by atoms with Crippen molar-refractivity contribution in [3.05, 3.63) is 12.7 Å². The standard InChI is InChI=1S/C11H24N2O/c1-3-8-13(10-11-14-2)9-6-4-5-7-12/h3H,1,4-12H2,2H3. The predicted molar refractivity (Wildman–Crippen MR) is 61.4 cm³/mol. The van der Waals surface area contributed by atoms with Crippen molar-refractivity contribution in [3.8, 4) is 0 Å². The van der Waals surface area contributed by atoms with Crippen LogP contribution in [0.5, 0.6) is 0 Å². The minimum absolute atomic E-state index is 0.796. The van der Waals surface area contributed by atoms with Gasteiger partial charge in [0.1, 0.15) is 0 Å². The third-order valence-corrected chi connectivity index (χ3v) is 2.18. The molecule has 0 unspecified atom stereocenters. The predicted octanol–water partition coefficient (Wildman–Crippen LogP) is 1.25. The molecule has 0 aromatic rings. The van der Waals surface area contributed by atoms with Crippen LogP contribution in [-0.2, 0) is 4.74 Å². The lowest BCUT2D eigenvalue weighted by Gasteiger charge is -2.19. The summed E-state index contributed by atoms with van der Waals surface area (Å²) in [6, 6.07) is 0. The second-order valence-electron chi connectivity index (χ2n) is 3.43. The van der Waals surface area contributed by atoms with Gasteiger partial charge in [0.2, 0.25) is 0 Å². The zero-order chi connectivity index (χ0) is 10.6. The van der Waals surface area contributed by atoms with Gasteiger partial charge in [-0.3, -0.25) is 4.90 Å². The van der Waals surface area contributed by atoms with E-state index in [4.69, 9.17) is 10.5 Å². The van der Waals surface area contributed by atoms with E-state index < -0.39 is 0 Å². The second-order valence-corrected chi connectivity index (χ2v) is 3.43. The van der Waals surface area contributed by atoms with E-state index in [0.29, 0.717) is 0 Å². The summed E-state index contributed by atoms with van der Waals surface area (Å²) in [5, 5.41) is 0. The molecule has 0 spiro atoms. The summed E-state index contributed by atoms with van der Waals surface area (Å²) in [6.45, 7) is 8.41. The molecule has 0 saturated carbocycles. The van der Waals surface area contributed by atoms with Gasteiger partial charge >= 0.3 is 0 Å². The molecule has 3 nitrogen and oxygen atoms in total. The lowest BCUT2D eigenvalue weighted by molar-refractivity contribution is 0.153. The van der Waals surface area contributed by atoms with Gasteiger partial charge in [-0.1, -0.05) is 12.5 Å². The molecule has 0 aromatic heterocycles. The van der Waals surface area contributed by atoms with Crippen LogP contribution in [0.3, 0.4) is 0 Å². The third-order valence-electron chi connectivity index (χ3n) is 2.18. The maximum atomic E-state index is 5.43. The average molecular weight is 200 g/mol. The Kier molecular flexibility index (Phi) is 10.4. The molecular weight excluding hydrogens is 176 g/mol. The molecule has 0 heterocycles.